The first kappa shape index (κ1) is 12.4. The number of piperidine rings is 1. The van der Waals surface area contributed by atoms with Crippen LogP contribution >= 0.6 is 0 Å². The minimum absolute atomic E-state index is 0.279. The van der Waals surface area contributed by atoms with Crippen LogP contribution in [0.2, 0.25) is 0 Å². The van der Waals surface area contributed by atoms with E-state index in [1.54, 1.807) is 6.07 Å². The van der Waals surface area contributed by atoms with Gasteiger partial charge in [-0.3, -0.25) is 0 Å². The molecule has 1 aliphatic heterocycles. The number of nitrogens with zero attached hydrogens (tertiary/aromatic N) is 3. The van der Waals surface area contributed by atoms with E-state index in [2.05, 4.69) is 15.1 Å². The molecular weight excluding hydrogens is 242 g/mol. The summed E-state index contributed by atoms with van der Waals surface area (Å²) in [5, 5.41) is 17.3. The van der Waals surface area contributed by atoms with Crippen LogP contribution in [0.5, 0.6) is 0 Å². The van der Waals surface area contributed by atoms with E-state index in [1.807, 2.05) is 0 Å². The summed E-state index contributed by atoms with van der Waals surface area (Å²) in [6.07, 6.45) is 8.81. The standard InChI is InChI=1S/C14H19N3O2/c18-14(19)11-7-8-15-16-13(11)17-9-3-5-10-4-1-2-6-12(10)17/h7-8,10,12H,1-6,9H2,(H,18,19). The molecule has 5 nitrogen and oxygen atoms in total. The highest BCUT2D eigenvalue weighted by Gasteiger charge is 2.35. The number of carboxylic acid groups (broad SMARTS) is 1. The highest BCUT2D eigenvalue weighted by molar-refractivity contribution is 5.93. The molecule has 1 aromatic heterocycles. The zero-order valence-electron chi connectivity index (χ0n) is 11.0. The highest BCUT2D eigenvalue weighted by Crippen LogP contribution is 2.37. The Bertz CT molecular complexity index is 476. The van der Waals surface area contributed by atoms with E-state index < -0.39 is 5.97 Å². The van der Waals surface area contributed by atoms with Crippen LogP contribution in [0.4, 0.5) is 5.82 Å². The summed E-state index contributed by atoms with van der Waals surface area (Å²) < 4.78 is 0. The van der Waals surface area contributed by atoms with Gasteiger partial charge in [-0.25, -0.2) is 4.79 Å². The van der Waals surface area contributed by atoms with Crippen LogP contribution in [0.3, 0.4) is 0 Å². The average molecular weight is 261 g/mol. The lowest BCUT2D eigenvalue weighted by molar-refractivity contribution is 0.0696. The maximum atomic E-state index is 11.3. The van der Waals surface area contributed by atoms with Crippen molar-refractivity contribution in [1.82, 2.24) is 10.2 Å². The molecule has 0 radical (unpaired) electrons. The molecule has 102 valence electrons. The van der Waals surface area contributed by atoms with Crippen LogP contribution in [0, 0.1) is 5.92 Å². The highest BCUT2D eigenvalue weighted by atomic mass is 16.4. The van der Waals surface area contributed by atoms with Gasteiger partial charge in [-0.15, -0.1) is 5.10 Å². The largest absolute Gasteiger partial charge is 0.478 e. The van der Waals surface area contributed by atoms with E-state index in [0.717, 1.165) is 19.4 Å². The van der Waals surface area contributed by atoms with Crippen molar-refractivity contribution >= 4 is 11.8 Å². The van der Waals surface area contributed by atoms with Gasteiger partial charge in [0.2, 0.25) is 0 Å². The predicted octanol–water partition coefficient (Wildman–Crippen LogP) is 2.33. The van der Waals surface area contributed by atoms with Gasteiger partial charge in [-0.05, 0) is 37.7 Å². The summed E-state index contributed by atoms with van der Waals surface area (Å²) in [5.41, 5.74) is 0.279. The van der Waals surface area contributed by atoms with Gasteiger partial charge in [-0.1, -0.05) is 12.8 Å². The smallest absolute Gasteiger partial charge is 0.339 e. The summed E-state index contributed by atoms with van der Waals surface area (Å²) in [7, 11) is 0. The number of anilines is 1. The fourth-order valence-electron chi connectivity index (χ4n) is 3.59. The number of aromatic carboxylic acids is 1. The number of carbonyl (C=O) groups is 1. The Morgan fingerprint density at radius 3 is 2.89 bits per heavy atom. The van der Waals surface area contributed by atoms with Crippen LogP contribution < -0.4 is 4.90 Å². The monoisotopic (exact) mass is 261 g/mol. The molecule has 1 N–H and O–H groups in total. The topological polar surface area (TPSA) is 66.3 Å². The van der Waals surface area contributed by atoms with E-state index in [4.69, 9.17) is 0 Å². The average Bonchev–Trinajstić information content (AvgIpc) is 2.46. The molecular formula is C14H19N3O2. The Kier molecular flexibility index (Phi) is 3.36. The van der Waals surface area contributed by atoms with Gasteiger partial charge in [-0.2, -0.15) is 5.10 Å². The van der Waals surface area contributed by atoms with Crippen molar-refractivity contribution in [2.45, 2.75) is 44.6 Å². The Labute approximate surface area is 112 Å². The van der Waals surface area contributed by atoms with Gasteiger partial charge >= 0.3 is 5.97 Å². The first-order valence-electron chi connectivity index (χ1n) is 7.09. The molecule has 2 fully saturated rings. The molecule has 3 rings (SSSR count). The van der Waals surface area contributed by atoms with Crippen LogP contribution in [0.15, 0.2) is 12.3 Å². The summed E-state index contributed by atoms with van der Waals surface area (Å²) in [5.74, 6) is 0.348. The van der Waals surface area contributed by atoms with Gasteiger partial charge < -0.3 is 10.0 Å². The normalized spacial score (nSPS) is 26.8. The SMILES string of the molecule is O=C(O)c1ccnnc1N1CCCC2CCCCC21. The van der Waals surface area contributed by atoms with E-state index in [1.165, 1.54) is 31.9 Å². The zero-order valence-corrected chi connectivity index (χ0v) is 11.0. The zero-order chi connectivity index (χ0) is 13.2. The van der Waals surface area contributed by atoms with Crippen molar-refractivity contribution in [3.63, 3.8) is 0 Å². The number of fused-ring (bicyclic) bond motifs is 1. The first-order chi connectivity index (χ1) is 9.27. The summed E-state index contributed by atoms with van der Waals surface area (Å²) in [6, 6.07) is 2.01. The minimum atomic E-state index is -0.914. The molecule has 5 heteroatoms. The third-order valence-electron chi connectivity index (χ3n) is 4.45. The number of hydrogen-bond acceptors (Lipinski definition) is 4. The van der Waals surface area contributed by atoms with E-state index >= 15 is 0 Å². The third-order valence-corrected chi connectivity index (χ3v) is 4.45. The molecule has 0 amide bonds. The molecule has 1 aliphatic carbocycles. The maximum Gasteiger partial charge on any atom is 0.339 e. The van der Waals surface area contributed by atoms with Crippen molar-refractivity contribution in [1.29, 1.82) is 0 Å². The summed E-state index contributed by atoms with van der Waals surface area (Å²) in [6.45, 7) is 0.903. The van der Waals surface area contributed by atoms with Gasteiger partial charge in [0.1, 0.15) is 5.56 Å². The van der Waals surface area contributed by atoms with E-state index in [0.29, 0.717) is 17.8 Å². The first-order valence-corrected chi connectivity index (χ1v) is 7.09. The number of aromatic nitrogens is 2. The second kappa shape index (κ2) is 5.15. The Hall–Kier alpha value is -1.65. The summed E-state index contributed by atoms with van der Waals surface area (Å²) >= 11 is 0. The van der Waals surface area contributed by atoms with Gasteiger partial charge in [0, 0.05) is 12.6 Å². The minimum Gasteiger partial charge on any atom is -0.478 e. The molecule has 1 aromatic rings. The van der Waals surface area contributed by atoms with Crippen LogP contribution in [-0.4, -0.2) is 33.9 Å². The number of rotatable bonds is 2. The molecule has 19 heavy (non-hydrogen) atoms. The molecule has 1 saturated heterocycles. The van der Waals surface area contributed by atoms with Crippen molar-refractivity contribution in [3.8, 4) is 0 Å². The van der Waals surface area contributed by atoms with Gasteiger partial charge in [0.25, 0.3) is 0 Å². The second-order valence-corrected chi connectivity index (χ2v) is 5.52. The van der Waals surface area contributed by atoms with Crippen molar-refractivity contribution in [3.05, 3.63) is 17.8 Å². The van der Waals surface area contributed by atoms with E-state index in [-0.39, 0.29) is 5.56 Å². The van der Waals surface area contributed by atoms with E-state index in [9.17, 15) is 9.90 Å². The molecule has 2 heterocycles. The Morgan fingerprint density at radius 2 is 2.05 bits per heavy atom. The number of carboxylic acids is 1. The Balaban J connectivity index is 1.94. The molecule has 0 bridgehead atoms. The van der Waals surface area contributed by atoms with Crippen LogP contribution in [0.1, 0.15) is 48.9 Å². The molecule has 2 aliphatic rings. The van der Waals surface area contributed by atoms with Crippen LogP contribution in [0.25, 0.3) is 0 Å². The molecule has 2 unspecified atom stereocenters. The maximum absolute atomic E-state index is 11.3. The molecule has 1 saturated carbocycles. The summed E-state index contributed by atoms with van der Waals surface area (Å²) in [4.78, 5) is 13.5. The lowest BCUT2D eigenvalue weighted by atomic mass is 9.78. The van der Waals surface area contributed by atoms with Gasteiger partial charge in [0.05, 0.1) is 6.20 Å². The quantitative estimate of drug-likeness (QED) is 0.885. The lowest BCUT2D eigenvalue weighted by Crippen LogP contribution is -2.47. The fourth-order valence-corrected chi connectivity index (χ4v) is 3.59. The van der Waals surface area contributed by atoms with Crippen molar-refractivity contribution in [2.75, 3.05) is 11.4 Å². The molecule has 0 spiro atoms. The Morgan fingerprint density at radius 1 is 1.26 bits per heavy atom. The van der Waals surface area contributed by atoms with Crippen molar-refractivity contribution in [2.24, 2.45) is 5.92 Å². The molecule has 2 atom stereocenters. The lowest BCUT2D eigenvalue weighted by Gasteiger charge is -2.44. The van der Waals surface area contributed by atoms with Crippen LogP contribution in [-0.2, 0) is 0 Å². The van der Waals surface area contributed by atoms with Gasteiger partial charge in [0.15, 0.2) is 5.82 Å². The fraction of sp³-hybridized carbons (Fsp3) is 0.643. The number of hydrogen-bond donors (Lipinski definition) is 1. The second-order valence-electron chi connectivity index (χ2n) is 5.52. The third kappa shape index (κ3) is 2.29. The molecule has 0 aromatic carbocycles. The predicted molar refractivity (Wildman–Crippen MR) is 71.3 cm³/mol. The van der Waals surface area contributed by atoms with Crippen molar-refractivity contribution < 1.29 is 9.90 Å².